The second kappa shape index (κ2) is 6.28. The van der Waals surface area contributed by atoms with Gasteiger partial charge in [-0.3, -0.25) is 9.59 Å². The second-order valence-electron chi connectivity index (χ2n) is 6.36. The summed E-state index contributed by atoms with van der Waals surface area (Å²) in [5, 5.41) is 3.42. The standard InChI is InChI=1S/C10H16N2O4.C6H4O/c1-6(13)11-7-5-12(8(7)14)16-9(15)10(2,3)4;1-2-5-4-6(3-1)7-5/h7H,5H2,1-4H3,(H,11,13);1-4H. The summed E-state index contributed by atoms with van der Waals surface area (Å²) in [6, 6.07) is 7.29. The number of hydrogen-bond donors (Lipinski definition) is 1. The Balaban J connectivity index is 0.000000223. The van der Waals surface area contributed by atoms with Crippen molar-refractivity contribution in [3.8, 4) is 11.5 Å². The van der Waals surface area contributed by atoms with Gasteiger partial charge in [0.2, 0.25) is 5.91 Å². The van der Waals surface area contributed by atoms with E-state index in [9.17, 15) is 14.4 Å². The summed E-state index contributed by atoms with van der Waals surface area (Å²) < 4.78 is 5.01. The van der Waals surface area contributed by atoms with Crippen LogP contribution < -0.4 is 10.1 Å². The normalized spacial score (nSPS) is 17.7. The zero-order valence-electron chi connectivity index (χ0n) is 13.6. The van der Waals surface area contributed by atoms with Crippen LogP contribution in [-0.4, -0.2) is 35.4 Å². The van der Waals surface area contributed by atoms with Crippen LogP contribution >= 0.6 is 0 Å². The molecular weight excluding hydrogens is 300 g/mol. The maximum atomic E-state index is 11.4. The molecule has 3 aliphatic rings. The van der Waals surface area contributed by atoms with Gasteiger partial charge in [0.15, 0.2) is 0 Å². The minimum Gasteiger partial charge on any atom is -0.457 e. The molecule has 3 heterocycles. The summed E-state index contributed by atoms with van der Waals surface area (Å²) >= 11 is 0. The predicted octanol–water partition coefficient (Wildman–Crippen LogP) is 1.63. The topological polar surface area (TPSA) is 84.9 Å². The smallest absolute Gasteiger partial charge is 0.337 e. The third kappa shape index (κ3) is 4.21. The van der Waals surface area contributed by atoms with Crippen molar-refractivity contribution in [2.45, 2.75) is 33.7 Å². The van der Waals surface area contributed by atoms with Gasteiger partial charge in [-0.2, -0.15) is 5.06 Å². The van der Waals surface area contributed by atoms with Crippen molar-refractivity contribution < 1.29 is 24.0 Å². The van der Waals surface area contributed by atoms with Gasteiger partial charge >= 0.3 is 5.97 Å². The van der Waals surface area contributed by atoms with Gasteiger partial charge in [0.25, 0.3) is 5.91 Å². The average Bonchev–Trinajstić information content (AvgIpc) is 2.45. The summed E-state index contributed by atoms with van der Waals surface area (Å²) in [5.41, 5.74) is -0.653. The lowest BCUT2D eigenvalue weighted by Gasteiger charge is -2.37. The molecule has 1 aromatic carbocycles. The lowest BCUT2D eigenvalue weighted by atomic mass is 9.98. The highest BCUT2D eigenvalue weighted by molar-refractivity contribution is 5.92. The third-order valence-corrected chi connectivity index (χ3v) is 3.12. The van der Waals surface area contributed by atoms with Crippen molar-refractivity contribution in [1.82, 2.24) is 10.4 Å². The van der Waals surface area contributed by atoms with Crippen LogP contribution in [0.15, 0.2) is 24.3 Å². The Morgan fingerprint density at radius 2 is 1.87 bits per heavy atom. The molecular formula is C16H20N2O5. The highest BCUT2D eigenvalue weighted by Crippen LogP contribution is 2.32. The van der Waals surface area contributed by atoms with Crippen LogP contribution in [0.1, 0.15) is 27.7 Å². The van der Waals surface area contributed by atoms with E-state index in [1.54, 1.807) is 20.8 Å². The molecule has 1 N–H and O–H groups in total. The van der Waals surface area contributed by atoms with E-state index >= 15 is 0 Å². The Bertz CT molecular complexity index is 611. The fourth-order valence-corrected chi connectivity index (χ4v) is 1.75. The molecule has 0 radical (unpaired) electrons. The molecule has 7 heteroatoms. The molecule has 1 saturated heterocycles. The highest BCUT2D eigenvalue weighted by atomic mass is 16.7. The lowest BCUT2D eigenvalue weighted by Crippen LogP contribution is -2.64. The zero-order valence-corrected chi connectivity index (χ0v) is 13.6. The number of benzene rings is 1. The number of fused-ring (bicyclic) bond motifs is 2. The van der Waals surface area contributed by atoms with E-state index in [1.807, 2.05) is 24.3 Å². The average molecular weight is 320 g/mol. The molecule has 1 fully saturated rings. The van der Waals surface area contributed by atoms with Crippen LogP contribution in [0.4, 0.5) is 0 Å². The molecule has 1 unspecified atom stereocenters. The summed E-state index contributed by atoms with van der Waals surface area (Å²) in [4.78, 5) is 38.4. The SMILES string of the molecule is CC(=O)NC1CN(OC(=O)C(C)(C)C)C1=O.c1cc2cc(c1)O2. The quantitative estimate of drug-likeness (QED) is 0.850. The fraction of sp³-hybridized carbons (Fsp3) is 0.438. The van der Waals surface area contributed by atoms with Gasteiger partial charge in [-0.05, 0) is 32.9 Å². The molecule has 4 rings (SSSR count). The Labute approximate surface area is 134 Å². The lowest BCUT2D eigenvalue weighted by molar-refractivity contribution is -0.222. The van der Waals surface area contributed by atoms with Crippen LogP contribution in [0, 0.1) is 5.41 Å². The van der Waals surface area contributed by atoms with Crippen molar-refractivity contribution in [3.63, 3.8) is 0 Å². The first-order valence-electron chi connectivity index (χ1n) is 7.25. The molecule has 7 nitrogen and oxygen atoms in total. The van der Waals surface area contributed by atoms with E-state index in [4.69, 9.17) is 9.57 Å². The Morgan fingerprint density at radius 1 is 1.30 bits per heavy atom. The predicted molar refractivity (Wildman–Crippen MR) is 81.4 cm³/mol. The number of nitrogens with zero attached hydrogens (tertiary/aromatic N) is 1. The Morgan fingerprint density at radius 3 is 2.17 bits per heavy atom. The van der Waals surface area contributed by atoms with E-state index in [2.05, 4.69) is 5.32 Å². The zero-order chi connectivity index (χ0) is 17.2. The number of rotatable bonds is 2. The number of β-lactam (4-membered cyclic amide) rings is 1. The van der Waals surface area contributed by atoms with Gasteiger partial charge in [-0.15, -0.1) is 0 Å². The first-order chi connectivity index (χ1) is 10.7. The largest absolute Gasteiger partial charge is 0.457 e. The maximum absolute atomic E-state index is 11.4. The molecule has 1 aromatic rings. The van der Waals surface area contributed by atoms with Gasteiger partial charge in [0.1, 0.15) is 17.5 Å². The molecule has 1 atom stereocenters. The molecule has 3 aliphatic heterocycles. The molecule has 0 saturated carbocycles. The fourth-order valence-electron chi connectivity index (χ4n) is 1.75. The molecule has 2 amide bonds. The van der Waals surface area contributed by atoms with Gasteiger partial charge < -0.3 is 14.9 Å². The van der Waals surface area contributed by atoms with Gasteiger partial charge in [-0.25, -0.2) is 4.79 Å². The number of carbonyl (C=O) groups excluding carboxylic acids is 3. The minimum atomic E-state index is -0.653. The van der Waals surface area contributed by atoms with Crippen molar-refractivity contribution in [1.29, 1.82) is 0 Å². The van der Waals surface area contributed by atoms with Gasteiger partial charge in [0, 0.05) is 13.0 Å². The second-order valence-corrected chi connectivity index (χ2v) is 6.36. The summed E-state index contributed by atoms with van der Waals surface area (Å²) in [6.45, 7) is 6.64. The number of carbonyl (C=O) groups is 3. The van der Waals surface area contributed by atoms with Gasteiger partial charge in [0.05, 0.1) is 12.0 Å². The summed E-state index contributed by atoms with van der Waals surface area (Å²) in [7, 11) is 0. The molecule has 23 heavy (non-hydrogen) atoms. The molecule has 2 bridgehead atoms. The van der Waals surface area contributed by atoms with Crippen molar-refractivity contribution >= 4 is 17.8 Å². The van der Waals surface area contributed by atoms with Crippen molar-refractivity contribution in [2.75, 3.05) is 6.54 Å². The van der Waals surface area contributed by atoms with Crippen LogP contribution in [0.2, 0.25) is 0 Å². The summed E-state index contributed by atoms with van der Waals surface area (Å²) in [5.74, 6) is 0.824. The molecule has 0 aromatic heterocycles. The van der Waals surface area contributed by atoms with E-state index in [0.717, 1.165) is 16.6 Å². The number of amides is 2. The number of nitrogens with one attached hydrogen (secondary N) is 1. The van der Waals surface area contributed by atoms with Gasteiger partial charge in [-0.1, -0.05) is 6.07 Å². The number of ether oxygens (including phenoxy) is 1. The van der Waals surface area contributed by atoms with Crippen molar-refractivity contribution in [3.05, 3.63) is 24.3 Å². The van der Waals surface area contributed by atoms with E-state index in [0.29, 0.717) is 0 Å². The monoisotopic (exact) mass is 320 g/mol. The molecule has 124 valence electrons. The summed E-state index contributed by atoms with van der Waals surface area (Å²) in [6.07, 6.45) is 0. The first-order valence-corrected chi connectivity index (χ1v) is 7.25. The number of hydroxylamine groups is 2. The Hall–Kier alpha value is -2.57. The number of hydrogen-bond acceptors (Lipinski definition) is 5. The first kappa shape index (κ1) is 16.8. The van der Waals surface area contributed by atoms with Crippen LogP contribution in [0.3, 0.4) is 0 Å². The highest BCUT2D eigenvalue weighted by Gasteiger charge is 2.41. The van der Waals surface area contributed by atoms with E-state index in [1.165, 1.54) is 6.92 Å². The minimum absolute atomic E-state index is 0.209. The van der Waals surface area contributed by atoms with Crippen molar-refractivity contribution in [2.24, 2.45) is 5.41 Å². The third-order valence-electron chi connectivity index (χ3n) is 3.12. The van der Waals surface area contributed by atoms with Crippen LogP contribution in [-0.2, 0) is 19.2 Å². The molecule has 0 spiro atoms. The van der Waals surface area contributed by atoms with Crippen LogP contribution in [0.5, 0.6) is 11.5 Å². The van der Waals surface area contributed by atoms with E-state index < -0.39 is 23.3 Å². The van der Waals surface area contributed by atoms with E-state index in [-0.39, 0.29) is 12.5 Å². The Kier molecular flexibility index (Phi) is 4.58. The maximum Gasteiger partial charge on any atom is 0.337 e. The molecule has 0 aliphatic carbocycles. The van der Waals surface area contributed by atoms with Crippen LogP contribution in [0.25, 0.3) is 0 Å².